The summed E-state index contributed by atoms with van der Waals surface area (Å²) in [6, 6.07) is 17.4. The summed E-state index contributed by atoms with van der Waals surface area (Å²) in [5.74, 6) is 0.0574. The number of nitro benzene ring substituents is 1. The normalized spacial score (nSPS) is 11.3. The average molecular weight is 381 g/mol. The number of benzene rings is 3. The minimum absolute atomic E-state index is 0.0146. The van der Waals surface area contributed by atoms with Gasteiger partial charge in [-0.15, -0.1) is 0 Å². The summed E-state index contributed by atoms with van der Waals surface area (Å²) in [6.45, 7) is 0. The summed E-state index contributed by atoms with van der Waals surface area (Å²) >= 11 is 5.84. The van der Waals surface area contributed by atoms with Gasteiger partial charge in [0, 0.05) is 28.9 Å². The van der Waals surface area contributed by atoms with E-state index in [1.54, 1.807) is 36.4 Å². The summed E-state index contributed by atoms with van der Waals surface area (Å²) in [7, 11) is 0. The van der Waals surface area contributed by atoms with Gasteiger partial charge >= 0.3 is 0 Å². The molecule has 0 aliphatic rings. The molecule has 0 fully saturated rings. The van der Waals surface area contributed by atoms with Crippen molar-refractivity contribution in [2.45, 2.75) is 0 Å². The zero-order valence-corrected chi connectivity index (χ0v) is 14.6. The minimum atomic E-state index is -0.479. The van der Waals surface area contributed by atoms with Crippen LogP contribution in [-0.2, 0) is 0 Å². The molecule has 0 unspecified atom stereocenters. The summed E-state index contributed by atoms with van der Waals surface area (Å²) in [4.78, 5) is 14.5. The van der Waals surface area contributed by atoms with Crippen LogP contribution in [0.4, 0.5) is 22.7 Å². The largest absolute Gasteiger partial charge is 0.507 e. The lowest BCUT2D eigenvalue weighted by molar-refractivity contribution is -0.384. The van der Waals surface area contributed by atoms with Gasteiger partial charge in [0.15, 0.2) is 0 Å². The first-order valence-electron chi connectivity index (χ1n) is 7.80. The third-order valence-corrected chi connectivity index (χ3v) is 3.78. The lowest BCUT2D eigenvalue weighted by atomic mass is 10.2. The number of nitro groups is 1. The highest BCUT2D eigenvalue weighted by atomic mass is 35.5. The summed E-state index contributed by atoms with van der Waals surface area (Å²) in [5, 5.41) is 29.4. The molecule has 3 aromatic rings. The number of nitrogens with zero attached hydrogens (tertiary/aromatic N) is 4. The van der Waals surface area contributed by atoms with Gasteiger partial charge in [-0.25, -0.2) is 0 Å². The highest BCUT2D eigenvalue weighted by Crippen LogP contribution is 2.26. The van der Waals surface area contributed by atoms with Gasteiger partial charge in [-0.1, -0.05) is 11.6 Å². The van der Waals surface area contributed by atoms with Crippen molar-refractivity contribution in [3.8, 4) is 5.75 Å². The maximum Gasteiger partial charge on any atom is 0.269 e. The molecule has 3 aromatic carbocycles. The van der Waals surface area contributed by atoms with Gasteiger partial charge in [-0.3, -0.25) is 15.1 Å². The van der Waals surface area contributed by atoms with Crippen molar-refractivity contribution >= 4 is 40.6 Å². The molecule has 8 heteroatoms. The number of phenolic OH excluding ortho intramolecular Hbond substituents is 1. The number of hydrogen-bond donors (Lipinski definition) is 1. The lowest BCUT2D eigenvalue weighted by Crippen LogP contribution is -1.85. The van der Waals surface area contributed by atoms with Crippen LogP contribution in [-0.4, -0.2) is 16.2 Å². The molecule has 0 aliphatic heterocycles. The van der Waals surface area contributed by atoms with Crippen molar-refractivity contribution < 1.29 is 10.0 Å². The molecule has 7 nitrogen and oxygen atoms in total. The van der Waals surface area contributed by atoms with Crippen LogP contribution >= 0.6 is 11.6 Å². The first kappa shape index (κ1) is 18.2. The maximum atomic E-state index is 10.7. The van der Waals surface area contributed by atoms with Crippen LogP contribution in [0.3, 0.4) is 0 Å². The Morgan fingerprint density at radius 3 is 2.15 bits per heavy atom. The molecular formula is C19H13ClN4O3. The van der Waals surface area contributed by atoms with E-state index in [2.05, 4.69) is 15.2 Å². The molecule has 0 atom stereocenters. The Balaban J connectivity index is 1.78. The number of aliphatic imine (C=N–C) groups is 1. The highest BCUT2D eigenvalue weighted by molar-refractivity contribution is 6.30. The summed E-state index contributed by atoms with van der Waals surface area (Å²) < 4.78 is 0. The van der Waals surface area contributed by atoms with Crippen LogP contribution < -0.4 is 0 Å². The third-order valence-electron chi connectivity index (χ3n) is 3.53. The molecule has 0 amide bonds. The molecule has 0 heterocycles. The zero-order valence-electron chi connectivity index (χ0n) is 13.9. The fourth-order valence-electron chi connectivity index (χ4n) is 2.14. The Morgan fingerprint density at radius 2 is 1.48 bits per heavy atom. The number of halogens is 1. The van der Waals surface area contributed by atoms with Crippen molar-refractivity contribution in [2.75, 3.05) is 0 Å². The van der Waals surface area contributed by atoms with Gasteiger partial charge in [0.05, 0.1) is 22.0 Å². The van der Waals surface area contributed by atoms with Crippen LogP contribution in [0.2, 0.25) is 5.02 Å². The predicted molar refractivity (Wildman–Crippen MR) is 104 cm³/mol. The molecule has 3 rings (SSSR count). The van der Waals surface area contributed by atoms with Gasteiger partial charge < -0.3 is 5.11 Å². The molecule has 134 valence electrons. The zero-order chi connectivity index (χ0) is 19.2. The smallest absolute Gasteiger partial charge is 0.269 e. The first-order valence-corrected chi connectivity index (χ1v) is 8.18. The van der Waals surface area contributed by atoms with Crippen LogP contribution in [0, 0.1) is 10.1 Å². The summed E-state index contributed by atoms with van der Waals surface area (Å²) in [5.41, 5.74) is 2.13. The predicted octanol–water partition coefficient (Wildman–Crippen LogP) is 6.12. The Bertz CT molecular complexity index is 1020. The summed E-state index contributed by atoms with van der Waals surface area (Å²) in [6.07, 6.45) is 1.52. The molecule has 0 saturated carbocycles. The molecule has 0 saturated heterocycles. The Labute approximate surface area is 159 Å². The molecule has 1 N–H and O–H groups in total. The standard InChI is InChI=1S/C19H13ClN4O3/c20-14-1-3-15(4-2-14)21-12-13-11-17(7-10-19(13)25)23-22-16-5-8-18(9-6-16)24(26)27/h1-12,25H. The Kier molecular flexibility index (Phi) is 5.53. The van der Waals surface area contributed by atoms with Gasteiger partial charge in [-0.05, 0) is 54.6 Å². The fourth-order valence-corrected chi connectivity index (χ4v) is 2.26. The number of azo groups is 1. The van der Waals surface area contributed by atoms with Crippen molar-refractivity contribution in [2.24, 2.45) is 15.2 Å². The molecule has 27 heavy (non-hydrogen) atoms. The molecule has 0 spiro atoms. The van der Waals surface area contributed by atoms with E-state index in [1.165, 1.54) is 36.5 Å². The third kappa shape index (κ3) is 4.96. The molecule has 0 radical (unpaired) electrons. The highest BCUT2D eigenvalue weighted by Gasteiger charge is 2.04. The number of hydrogen-bond acceptors (Lipinski definition) is 6. The van der Waals surface area contributed by atoms with Crippen LogP contribution in [0.15, 0.2) is 82.0 Å². The molecule has 0 aliphatic carbocycles. The van der Waals surface area contributed by atoms with E-state index in [4.69, 9.17) is 11.6 Å². The quantitative estimate of drug-likeness (QED) is 0.249. The van der Waals surface area contributed by atoms with Crippen molar-refractivity contribution in [1.29, 1.82) is 0 Å². The second-order valence-electron chi connectivity index (χ2n) is 5.45. The maximum absolute atomic E-state index is 10.7. The van der Waals surface area contributed by atoms with Crippen molar-refractivity contribution in [3.63, 3.8) is 0 Å². The van der Waals surface area contributed by atoms with E-state index in [0.29, 0.717) is 27.6 Å². The second kappa shape index (κ2) is 8.20. The lowest BCUT2D eigenvalue weighted by Gasteiger charge is -2.00. The average Bonchev–Trinajstić information content (AvgIpc) is 2.68. The first-order chi connectivity index (χ1) is 13.0. The van der Waals surface area contributed by atoms with Crippen molar-refractivity contribution in [3.05, 3.63) is 87.4 Å². The topological polar surface area (TPSA) is 100 Å². The van der Waals surface area contributed by atoms with Crippen LogP contribution in [0.1, 0.15) is 5.56 Å². The van der Waals surface area contributed by atoms with E-state index in [1.807, 2.05) is 0 Å². The number of non-ortho nitro benzene ring substituents is 1. The number of phenols is 1. The van der Waals surface area contributed by atoms with E-state index < -0.39 is 4.92 Å². The van der Waals surface area contributed by atoms with Gasteiger partial charge in [0.2, 0.25) is 0 Å². The van der Waals surface area contributed by atoms with Gasteiger partial charge in [0.25, 0.3) is 5.69 Å². The fraction of sp³-hybridized carbons (Fsp3) is 0. The van der Waals surface area contributed by atoms with Gasteiger partial charge in [0.1, 0.15) is 5.75 Å². The van der Waals surface area contributed by atoms with E-state index in [0.717, 1.165) is 0 Å². The Hall–Kier alpha value is -3.58. The van der Waals surface area contributed by atoms with E-state index >= 15 is 0 Å². The Morgan fingerprint density at radius 1 is 0.889 bits per heavy atom. The number of rotatable bonds is 5. The SMILES string of the molecule is O=[N+]([O-])c1ccc(N=Nc2ccc(O)c(C=Nc3ccc(Cl)cc3)c2)cc1. The van der Waals surface area contributed by atoms with E-state index in [9.17, 15) is 15.2 Å². The molecule has 0 aromatic heterocycles. The van der Waals surface area contributed by atoms with E-state index in [-0.39, 0.29) is 11.4 Å². The number of aromatic hydroxyl groups is 1. The monoisotopic (exact) mass is 380 g/mol. The van der Waals surface area contributed by atoms with Crippen LogP contribution in [0.5, 0.6) is 5.75 Å². The van der Waals surface area contributed by atoms with Gasteiger partial charge in [-0.2, -0.15) is 10.2 Å². The molecular weight excluding hydrogens is 368 g/mol. The second-order valence-corrected chi connectivity index (χ2v) is 5.89. The van der Waals surface area contributed by atoms with Crippen molar-refractivity contribution in [1.82, 2.24) is 0 Å². The van der Waals surface area contributed by atoms with Crippen LogP contribution in [0.25, 0.3) is 0 Å². The minimum Gasteiger partial charge on any atom is -0.507 e. The molecule has 0 bridgehead atoms.